The van der Waals surface area contributed by atoms with Crippen LogP contribution >= 0.6 is 11.8 Å². The summed E-state index contributed by atoms with van der Waals surface area (Å²) in [6.07, 6.45) is 2.67. The van der Waals surface area contributed by atoms with Crippen molar-refractivity contribution in [1.29, 1.82) is 0 Å². The van der Waals surface area contributed by atoms with Crippen molar-refractivity contribution in [2.45, 2.75) is 9.79 Å². The molecule has 0 aliphatic heterocycles. The molecule has 0 spiro atoms. The van der Waals surface area contributed by atoms with E-state index in [-0.39, 0.29) is 11.3 Å². The van der Waals surface area contributed by atoms with Crippen molar-refractivity contribution in [3.63, 3.8) is 0 Å². The van der Waals surface area contributed by atoms with E-state index in [2.05, 4.69) is 4.98 Å². The Labute approximate surface area is 112 Å². The Hall–Kier alpha value is -2.41. The summed E-state index contributed by atoms with van der Waals surface area (Å²) in [7, 11) is 0. The number of nitrogens with zero attached hydrogens (tertiary/aromatic N) is 2. The third-order valence-electron chi connectivity index (χ3n) is 2.29. The Morgan fingerprint density at radius 3 is 2.68 bits per heavy atom. The number of nitro benzene ring substituents is 1. The Morgan fingerprint density at radius 1 is 1.26 bits per heavy atom. The molecular weight excluding hydrogens is 268 g/mol. The van der Waals surface area contributed by atoms with Gasteiger partial charge in [-0.3, -0.25) is 15.1 Å². The van der Waals surface area contributed by atoms with Crippen molar-refractivity contribution in [1.82, 2.24) is 4.98 Å². The highest BCUT2D eigenvalue weighted by atomic mass is 32.2. The second kappa shape index (κ2) is 5.49. The molecule has 1 aromatic heterocycles. The molecule has 0 atom stereocenters. The monoisotopic (exact) mass is 276 g/mol. The molecule has 0 aliphatic carbocycles. The quantitative estimate of drug-likeness (QED) is 0.681. The summed E-state index contributed by atoms with van der Waals surface area (Å²) >= 11 is 1.03. The molecule has 2 aromatic rings. The number of aromatic nitrogens is 1. The number of nitro groups is 1. The molecule has 19 heavy (non-hydrogen) atoms. The first-order valence-electron chi connectivity index (χ1n) is 5.18. The van der Waals surface area contributed by atoms with Crippen LogP contribution in [0.1, 0.15) is 10.4 Å². The lowest BCUT2D eigenvalue weighted by molar-refractivity contribution is -0.387. The van der Waals surface area contributed by atoms with Crippen molar-refractivity contribution >= 4 is 23.4 Å². The van der Waals surface area contributed by atoms with E-state index in [9.17, 15) is 14.9 Å². The first kappa shape index (κ1) is 13.0. The van der Waals surface area contributed by atoms with Crippen LogP contribution in [0, 0.1) is 10.1 Å². The van der Waals surface area contributed by atoms with Gasteiger partial charge in [0, 0.05) is 23.4 Å². The van der Waals surface area contributed by atoms with Crippen LogP contribution in [0.2, 0.25) is 0 Å². The molecule has 0 saturated carbocycles. The van der Waals surface area contributed by atoms with Crippen LogP contribution in [0.25, 0.3) is 0 Å². The van der Waals surface area contributed by atoms with Gasteiger partial charge in [-0.05, 0) is 12.1 Å². The van der Waals surface area contributed by atoms with Crippen molar-refractivity contribution in [3.05, 3.63) is 58.4 Å². The second-order valence-corrected chi connectivity index (χ2v) is 4.59. The molecule has 1 aromatic carbocycles. The van der Waals surface area contributed by atoms with Gasteiger partial charge in [-0.15, -0.1) is 0 Å². The minimum absolute atomic E-state index is 0.0191. The number of hydrogen-bond donors (Lipinski definition) is 1. The minimum atomic E-state index is -1.12. The first-order chi connectivity index (χ1) is 9.09. The van der Waals surface area contributed by atoms with Crippen LogP contribution in [-0.2, 0) is 0 Å². The number of aromatic carboxylic acids is 1. The molecule has 0 saturated heterocycles. The van der Waals surface area contributed by atoms with Crippen molar-refractivity contribution in [3.8, 4) is 0 Å². The van der Waals surface area contributed by atoms with Gasteiger partial charge < -0.3 is 5.11 Å². The lowest BCUT2D eigenvalue weighted by Crippen LogP contribution is -1.99. The topological polar surface area (TPSA) is 93.3 Å². The molecule has 6 nitrogen and oxygen atoms in total. The van der Waals surface area contributed by atoms with E-state index in [4.69, 9.17) is 5.11 Å². The zero-order valence-corrected chi connectivity index (χ0v) is 10.3. The zero-order valence-electron chi connectivity index (χ0n) is 9.52. The van der Waals surface area contributed by atoms with Gasteiger partial charge in [0.05, 0.1) is 15.4 Å². The normalized spacial score (nSPS) is 10.1. The third kappa shape index (κ3) is 2.89. The van der Waals surface area contributed by atoms with Crippen LogP contribution in [0.15, 0.2) is 52.5 Å². The molecule has 0 fully saturated rings. The molecule has 7 heteroatoms. The van der Waals surface area contributed by atoms with Gasteiger partial charge in [-0.25, -0.2) is 4.79 Å². The van der Waals surface area contributed by atoms with Gasteiger partial charge in [0.25, 0.3) is 5.69 Å². The van der Waals surface area contributed by atoms with Gasteiger partial charge >= 0.3 is 5.97 Å². The van der Waals surface area contributed by atoms with Crippen LogP contribution in [-0.4, -0.2) is 21.0 Å². The fraction of sp³-hybridized carbons (Fsp3) is 0. The van der Waals surface area contributed by atoms with E-state index < -0.39 is 10.9 Å². The molecule has 2 rings (SSSR count). The summed E-state index contributed by atoms with van der Waals surface area (Å²) in [5.41, 5.74) is -0.0358. The van der Waals surface area contributed by atoms with E-state index in [1.807, 2.05) is 0 Å². The number of hydrogen-bond acceptors (Lipinski definition) is 5. The van der Waals surface area contributed by atoms with Crippen LogP contribution in [0.5, 0.6) is 0 Å². The predicted molar refractivity (Wildman–Crippen MR) is 68.4 cm³/mol. The van der Waals surface area contributed by atoms with Gasteiger partial charge in [0.2, 0.25) is 0 Å². The fourth-order valence-corrected chi connectivity index (χ4v) is 2.45. The Kier molecular flexibility index (Phi) is 3.76. The Balaban J connectivity index is 2.42. The predicted octanol–water partition coefficient (Wildman–Crippen LogP) is 2.84. The highest BCUT2D eigenvalue weighted by Crippen LogP contribution is 2.35. The maximum atomic E-state index is 11.0. The molecule has 96 valence electrons. The highest BCUT2D eigenvalue weighted by molar-refractivity contribution is 7.99. The van der Waals surface area contributed by atoms with E-state index in [0.717, 1.165) is 11.8 Å². The molecular formula is C12H8N2O4S. The van der Waals surface area contributed by atoms with Crippen molar-refractivity contribution < 1.29 is 14.8 Å². The van der Waals surface area contributed by atoms with E-state index in [1.165, 1.54) is 24.5 Å². The summed E-state index contributed by atoms with van der Waals surface area (Å²) in [6.45, 7) is 0. The van der Waals surface area contributed by atoms with Gasteiger partial charge in [0.15, 0.2) is 0 Å². The third-order valence-corrected chi connectivity index (χ3v) is 3.43. The van der Waals surface area contributed by atoms with Crippen LogP contribution in [0.3, 0.4) is 0 Å². The standard InChI is InChI=1S/C12H8N2O4S/c15-12(16)8-7-13-6-5-10(8)19-11-4-2-1-3-9(11)14(17)18/h1-7H,(H,15,16). The SMILES string of the molecule is O=C(O)c1cnccc1Sc1ccccc1[N+](=O)[O-]. The molecule has 1 heterocycles. The molecule has 0 bridgehead atoms. The number of carbonyl (C=O) groups is 1. The number of carboxylic acids is 1. The van der Waals surface area contributed by atoms with E-state index in [1.54, 1.807) is 18.2 Å². The molecule has 1 N–H and O–H groups in total. The number of carboxylic acid groups (broad SMARTS) is 1. The Bertz CT molecular complexity index is 590. The number of para-hydroxylation sites is 1. The number of benzene rings is 1. The molecule has 0 radical (unpaired) electrons. The average Bonchev–Trinajstić information content (AvgIpc) is 2.39. The molecule has 0 aliphatic rings. The lowest BCUT2D eigenvalue weighted by Gasteiger charge is -2.05. The maximum Gasteiger partial charge on any atom is 0.338 e. The van der Waals surface area contributed by atoms with Gasteiger partial charge in [-0.1, -0.05) is 23.9 Å². The lowest BCUT2D eigenvalue weighted by atomic mass is 10.3. The van der Waals surface area contributed by atoms with E-state index in [0.29, 0.717) is 9.79 Å². The average molecular weight is 276 g/mol. The first-order valence-corrected chi connectivity index (χ1v) is 6.00. The largest absolute Gasteiger partial charge is 0.478 e. The molecule has 0 unspecified atom stereocenters. The minimum Gasteiger partial charge on any atom is -0.478 e. The fourth-order valence-electron chi connectivity index (χ4n) is 1.44. The number of pyridine rings is 1. The summed E-state index contributed by atoms with van der Waals surface area (Å²) in [5.74, 6) is -1.12. The maximum absolute atomic E-state index is 11.0. The smallest absolute Gasteiger partial charge is 0.338 e. The summed E-state index contributed by atoms with van der Waals surface area (Å²) < 4.78 is 0. The number of rotatable bonds is 4. The van der Waals surface area contributed by atoms with Gasteiger partial charge in [-0.2, -0.15) is 0 Å². The molecule has 0 amide bonds. The summed E-state index contributed by atoms with van der Waals surface area (Å²) in [6, 6.07) is 7.70. The van der Waals surface area contributed by atoms with Crippen molar-refractivity contribution in [2.75, 3.05) is 0 Å². The van der Waals surface area contributed by atoms with Gasteiger partial charge in [0.1, 0.15) is 0 Å². The zero-order chi connectivity index (χ0) is 13.8. The highest BCUT2D eigenvalue weighted by Gasteiger charge is 2.17. The Morgan fingerprint density at radius 2 is 2.00 bits per heavy atom. The van der Waals surface area contributed by atoms with Crippen molar-refractivity contribution in [2.24, 2.45) is 0 Å². The summed E-state index contributed by atoms with van der Waals surface area (Å²) in [5, 5.41) is 19.9. The van der Waals surface area contributed by atoms with E-state index >= 15 is 0 Å². The van der Waals surface area contributed by atoms with Crippen LogP contribution < -0.4 is 0 Å². The second-order valence-electron chi connectivity index (χ2n) is 3.50. The van der Waals surface area contributed by atoms with Crippen LogP contribution in [0.4, 0.5) is 5.69 Å². The summed E-state index contributed by atoms with van der Waals surface area (Å²) in [4.78, 5) is 26.0.